The topological polar surface area (TPSA) is 43.6 Å². The van der Waals surface area contributed by atoms with Crippen LogP contribution in [0.1, 0.15) is 31.0 Å². The van der Waals surface area contributed by atoms with Gasteiger partial charge in [0.15, 0.2) is 5.82 Å². The van der Waals surface area contributed by atoms with Crippen LogP contribution in [0.4, 0.5) is 0 Å². The second-order valence-corrected chi connectivity index (χ2v) is 3.90. The van der Waals surface area contributed by atoms with E-state index in [2.05, 4.69) is 42.0 Å². The fourth-order valence-corrected chi connectivity index (χ4v) is 1.41. The SMILES string of the molecule is Cc1cc(C(C)C)nc(-n2nccn2)c1. The Labute approximate surface area is 89.0 Å². The van der Waals surface area contributed by atoms with Crippen LogP contribution in [-0.2, 0) is 0 Å². The summed E-state index contributed by atoms with van der Waals surface area (Å²) in [6, 6.07) is 4.07. The first-order valence-electron chi connectivity index (χ1n) is 5.02. The van der Waals surface area contributed by atoms with Crippen LogP contribution in [0.5, 0.6) is 0 Å². The highest BCUT2D eigenvalue weighted by atomic mass is 15.5. The van der Waals surface area contributed by atoms with Gasteiger partial charge in [-0.25, -0.2) is 4.98 Å². The van der Waals surface area contributed by atoms with Crippen LogP contribution in [0.2, 0.25) is 0 Å². The fraction of sp³-hybridized carbons (Fsp3) is 0.364. The van der Waals surface area contributed by atoms with Crippen molar-refractivity contribution in [3.63, 3.8) is 0 Å². The molecule has 0 atom stereocenters. The van der Waals surface area contributed by atoms with Gasteiger partial charge >= 0.3 is 0 Å². The van der Waals surface area contributed by atoms with E-state index in [0.717, 1.165) is 11.5 Å². The number of aromatic nitrogens is 4. The predicted octanol–water partition coefficient (Wildman–Crippen LogP) is 2.09. The number of aryl methyl sites for hydroxylation is 1. The fourth-order valence-electron chi connectivity index (χ4n) is 1.41. The van der Waals surface area contributed by atoms with E-state index in [1.165, 1.54) is 5.56 Å². The molecule has 0 aromatic carbocycles. The minimum Gasteiger partial charge on any atom is -0.232 e. The maximum Gasteiger partial charge on any atom is 0.174 e. The molecule has 2 heterocycles. The Hall–Kier alpha value is -1.71. The van der Waals surface area contributed by atoms with Gasteiger partial charge in [0.1, 0.15) is 0 Å². The maximum absolute atomic E-state index is 4.51. The first kappa shape index (κ1) is 9.83. The summed E-state index contributed by atoms with van der Waals surface area (Å²) in [5.74, 6) is 1.20. The first-order valence-corrected chi connectivity index (χ1v) is 5.02. The third-order valence-electron chi connectivity index (χ3n) is 2.19. The van der Waals surface area contributed by atoms with Gasteiger partial charge < -0.3 is 0 Å². The number of hydrogen-bond acceptors (Lipinski definition) is 3. The molecule has 0 saturated carbocycles. The van der Waals surface area contributed by atoms with Crippen LogP contribution in [0.3, 0.4) is 0 Å². The van der Waals surface area contributed by atoms with Crippen LogP contribution in [-0.4, -0.2) is 20.0 Å². The molecule has 2 rings (SSSR count). The van der Waals surface area contributed by atoms with Crippen molar-refractivity contribution in [2.75, 3.05) is 0 Å². The van der Waals surface area contributed by atoms with Crippen molar-refractivity contribution in [1.29, 1.82) is 0 Å². The summed E-state index contributed by atoms with van der Waals surface area (Å²) < 4.78 is 0. The molecule has 2 aromatic heterocycles. The van der Waals surface area contributed by atoms with E-state index in [4.69, 9.17) is 0 Å². The lowest BCUT2D eigenvalue weighted by molar-refractivity contribution is 0.711. The zero-order chi connectivity index (χ0) is 10.8. The third kappa shape index (κ3) is 2.03. The summed E-state index contributed by atoms with van der Waals surface area (Å²) in [5, 5.41) is 8.14. The van der Waals surface area contributed by atoms with Gasteiger partial charge in [-0.1, -0.05) is 13.8 Å². The van der Waals surface area contributed by atoms with Gasteiger partial charge in [0.2, 0.25) is 0 Å². The largest absolute Gasteiger partial charge is 0.232 e. The zero-order valence-electron chi connectivity index (χ0n) is 9.18. The molecule has 4 nitrogen and oxygen atoms in total. The Morgan fingerprint density at radius 2 is 1.80 bits per heavy atom. The van der Waals surface area contributed by atoms with Gasteiger partial charge in [0.25, 0.3) is 0 Å². The van der Waals surface area contributed by atoms with Crippen molar-refractivity contribution in [2.24, 2.45) is 0 Å². The molecule has 0 bridgehead atoms. The summed E-state index contributed by atoms with van der Waals surface area (Å²) in [6.45, 7) is 6.31. The standard InChI is InChI=1S/C11H14N4/c1-8(2)10-6-9(3)7-11(14-10)15-12-4-5-13-15/h4-8H,1-3H3. The Morgan fingerprint density at radius 1 is 1.13 bits per heavy atom. The molecule has 78 valence electrons. The van der Waals surface area contributed by atoms with E-state index in [1.54, 1.807) is 17.2 Å². The van der Waals surface area contributed by atoms with Crippen LogP contribution < -0.4 is 0 Å². The van der Waals surface area contributed by atoms with Gasteiger partial charge in [0.05, 0.1) is 12.4 Å². The molecule has 0 saturated heterocycles. The summed E-state index contributed by atoms with van der Waals surface area (Å²) >= 11 is 0. The molecule has 0 fully saturated rings. The van der Waals surface area contributed by atoms with Crippen LogP contribution >= 0.6 is 0 Å². The molecule has 0 aliphatic rings. The van der Waals surface area contributed by atoms with Crippen molar-refractivity contribution in [2.45, 2.75) is 26.7 Å². The van der Waals surface area contributed by atoms with Gasteiger partial charge in [0, 0.05) is 5.69 Å². The molecule has 4 heteroatoms. The van der Waals surface area contributed by atoms with Gasteiger partial charge in [-0.15, -0.1) is 4.80 Å². The van der Waals surface area contributed by atoms with Crippen LogP contribution in [0.25, 0.3) is 5.82 Å². The van der Waals surface area contributed by atoms with E-state index < -0.39 is 0 Å². The average Bonchev–Trinajstić information content (AvgIpc) is 2.69. The van der Waals surface area contributed by atoms with E-state index in [1.807, 2.05) is 6.07 Å². The molecular weight excluding hydrogens is 188 g/mol. The van der Waals surface area contributed by atoms with Crippen molar-refractivity contribution in [1.82, 2.24) is 20.0 Å². The Balaban J connectivity index is 2.49. The summed E-state index contributed by atoms with van der Waals surface area (Å²) in [6.07, 6.45) is 3.30. The Bertz CT molecular complexity index is 446. The zero-order valence-corrected chi connectivity index (χ0v) is 9.18. The molecule has 2 aromatic rings. The third-order valence-corrected chi connectivity index (χ3v) is 2.19. The van der Waals surface area contributed by atoms with Crippen molar-refractivity contribution in [3.05, 3.63) is 35.8 Å². The first-order chi connectivity index (χ1) is 7.16. The molecule has 0 N–H and O–H groups in total. The molecular formula is C11H14N4. The number of nitrogens with zero attached hydrogens (tertiary/aromatic N) is 4. The van der Waals surface area contributed by atoms with Gasteiger partial charge in [-0.05, 0) is 30.5 Å². The summed E-state index contributed by atoms with van der Waals surface area (Å²) in [4.78, 5) is 6.05. The van der Waals surface area contributed by atoms with Gasteiger partial charge in [-0.2, -0.15) is 10.2 Å². The maximum atomic E-state index is 4.51. The Morgan fingerprint density at radius 3 is 2.40 bits per heavy atom. The van der Waals surface area contributed by atoms with Crippen LogP contribution in [0.15, 0.2) is 24.5 Å². The lowest BCUT2D eigenvalue weighted by Gasteiger charge is -2.08. The highest BCUT2D eigenvalue weighted by molar-refractivity contribution is 5.29. The minimum atomic E-state index is 0.416. The monoisotopic (exact) mass is 202 g/mol. The number of rotatable bonds is 2. The molecule has 15 heavy (non-hydrogen) atoms. The average molecular weight is 202 g/mol. The molecule has 0 radical (unpaired) electrons. The van der Waals surface area contributed by atoms with Crippen molar-refractivity contribution in [3.8, 4) is 5.82 Å². The van der Waals surface area contributed by atoms with E-state index in [9.17, 15) is 0 Å². The summed E-state index contributed by atoms with van der Waals surface area (Å²) in [7, 11) is 0. The highest BCUT2D eigenvalue weighted by Crippen LogP contribution is 2.15. The van der Waals surface area contributed by atoms with E-state index in [-0.39, 0.29) is 0 Å². The summed E-state index contributed by atoms with van der Waals surface area (Å²) in [5.41, 5.74) is 2.25. The van der Waals surface area contributed by atoms with Crippen LogP contribution in [0, 0.1) is 6.92 Å². The lowest BCUT2D eigenvalue weighted by Crippen LogP contribution is -2.05. The number of hydrogen-bond donors (Lipinski definition) is 0. The normalized spacial score (nSPS) is 10.9. The molecule has 0 aliphatic carbocycles. The molecule has 0 amide bonds. The lowest BCUT2D eigenvalue weighted by atomic mass is 10.1. The second kappa shape index (κ2) is 3.81. The quantitative estimate of drug-likeness (QED) is 0.749. The van der Waals surface area contributed by atoms with Gasteiger partial charge in [-0.3, -0.25) is 0 Å². The minimum absolute atomic E-state index is 0.416. The smallest absolute Gasteiger partial charge is 0.174 e. The van der Waals surface area contributed by atoms with E-state index in [0.29, 0.717) is 5.92 Å². The second-order valence-electron chi connectivity index (χ2n) is 3.90. The van der Waals surface area contributed by atoms with Crippen molar-refractivity contribution >= 4 is 0 Å². The number of pyridine rings is 1. The predicted molar refractivity (Wildman–Crippen MR) is 58.0 cm³/mol. The molecule has 0 spiro atoms. The Kier molecular flexibility index (Phi) is 2.49. The highest BCUT2D eigenvalue weighted by Gasteiger charge is 2.06. The molecule has 0 unspecified atom stereocenters. The van der Waals surface area contributed by atoms with E-state index >= 15 is 0 Å². The molecule has 0 aliphatic heterocycles. The van der Waals surface area contributed by atoms with Crippen molar-refractivity contribution < 1.29 is 0 Å².